The summed E-state index contributed by atoms with van der Waals surface area (Å²) in [6.45, 7) is 4.85. The smallest absolute Gasteiger partial charge is 0.251 e. The minimum atomic E-state index is -0.191. The van der Waals surface area contributed by atoms with Gasteiger partial charge in [-0.15, -0.1) is 0 Å². The Balaban J connectivity index is 1.79. The van der Waals surface area contributed by atoms with Crippen molar-refractivity contribution in [2.45, 2.75) is 20.3 Å². The average molecular weight is 378 g/mol. The summed E-state index contributed by atoms with van der Waals surface area (Å²) in [6.07, 6.45) is 1.29. The van der Waals surface area contributed by atoms with E-state index in [9.17, 15) is 14.4 Å². The van der Waals surface area contributed by atoms with Gasteiger partial charge in [-0.2, -0.15) is 0 Å². The molecule has 2 amide bonds. The van der Waals surface area contributed by atoms with Crippen LogP contribution in [0, 0.1) is 13.8 Å². The van der Waals surface area contributed by atoms with Crippen molar-refractivity contribution in [3.05, 3.63) is 69.4 Å². The van der Waals surface area contributed by atoms with E-state index in [4.69, 9.17) is 4.42 Å². The fourth-order valence-corrected chi connectivity index (χ4v) is 3.09. The van der Waals surface area contributed by atoms with Crippen molar-refractivity contribution in [1.82, 2.24) is 10.6 Å². The first-order chi connectivity index (χ1) is 13.5. The second-order valence-electron chi connectivity index (χ2n) is 6.69. The summed E-state index contributed by atoms with van der Waals surface area (Å²) < 4.78 is 5.98. The van der Waals surface area contributed by atoms with Crippen LogP contribution in [0.4, 0.5) is 0 Å². The second-order valence-corrected chi connectivity index (χ2v) is 6.69. The molecule has 0 saturated carbocycles. The third-order valence-corrected chi connectivity index (χ3v) is 4.46. The normalized spacial score (nSPS) is 10.6. The third kappa shape index (κ3) is 4.28. The van der Waals surface area contributed by atoms with Gasteiger partial charge in [0.05, 0.1) is 5.39 Å². The lowest BCUT2D eigenvalue weighted by molar-refractivity contribution is -0.109. The molecule has 2 aromatic carbocycles. The highest BCUT2D eigenvalue weighted by Gasteiger charge is 2.11. The van der Waals surface area contributed by atoms with E-state index in [0.29, 0.717) is 48.2 Å². The monoisotopic (exact) mass is 378 g/mol. The lowest BCUT2D eigenvalue weighted by atomic mass is 10.1. The number of carbonyl (C=O) groups excluding carboxylic acids is 2. The molecule has 2 N–H and O–H groups in total. The van der Waals surface area contributed by atoms with Gasteiger partial charge < -0.3 is 15.1 Å². The fraction of sp³-hybridized carbons (Fsp3) is 0.227. The van der Waals surface area contributed by atoms with E-state index in [-0.39, 0.29) is 11.3 Å². The lowest BCUT2D eigenvalue weighted by Gasteiger charge is -2.08. The van der Waals surface area contributed by atoms with Crippen LogP contribution in [0.5, 0.6) is 0 Å². The second kappa shape index (κ2) is 8.52. The molecule has 6 heteroatoms. The summed E-state index contributed by atoms with van der Waals surface area (Å²) in [5, 5.41) is 5.91. The Morgan fingerprint density at radius 2 is 1.82 bits per heavy atom. The maximum absolute atomic E-state index is 12.5. The molecular weight excluding hydrogens is 356 g/mol. The van der Waals surface area contributed by atoms with Crippen LogP contribution >= 0.6 is 0 Å². The standard InChI is InChI=1S/C22H22N2O4/c1-14-10-15(2)21-18(11-14)19(26)12-20(28-21)16-4-6-17(7-5-16)22(27)24-9-3-8-23-13-25/h4-7,10-13H,3,8-9H2,1-2H3,(H,23,25)(H,24,27). The van der Waals surface area contributed by atoms with Crippen molar-refractivity contribution in [1.29, 1.82) is 0 Å². The highest BCUT2D eigenvalue weighted by Crippen LogP contribution is 2.25. The molecule has 0 saturated heterocycles. The Hall–Kier alpha value is -3.41. The predicted molar refractivity (Wildman–Crippen MR) is 108 cm³/mol. The predicted octanol–water partition coefficient (Wildman–Crippen LogP) is 2.94. The number of nitrogens with one attached hydrogen (secondary N) is 2. The number of aryl methyl sites for hydroxylation is 2. The first-order valence-corrected chi connectivity index (χ1v) is 9.10. The van der Waals surface area contributed by atoms with Crippen molar-refractivity contribution in [3.8, 4) is 11.3 Å². The van der Waals surface area contributed by atoms with Crippen molar-refractivity contribution < 1.29 is 14.0 Å². The zero-order valence-corrected chi connectivity index (χ0v) is 15.9. The van der Waals surface area contributed by atoms with E-state index in [1.54, 1.807) is 24.3 Å². The van der Waals surface area contributed by atoms with Crippen LogP contribution < -0.4 is 16.1 Å². The summed E-state index contributed by atoms with van der Waals surface area (Å²) in [5.41, 5.74) is 3.66. The van der Waals surface area contributed by atoms with Gasteiger partial charge in [-0.3, -0.25) is 14.4 Å². The van der Waals surface area contributed by atoms with E-state index in [0.717, 1.165) is 16.7 Å². The molecule has 1 heterocycles. The minimum Gasteiger partial charge on any atom is -0.456 e. The van der Waals surface area contributed by atoms with Gasteiger partial charge in [0.2, 0.25) is 6.41 Å². The molecule has 0 atom stereocenters. The summed E-state index contributed by atoms with van der Waals surface area (Å²) in [4.78, 5) is 34.8. The highest BCUT2D eigenvalue weighted by atomic mass is 16.3. The molecule has 28 heavy (non-hydrogen) atoms. The molecule has 0 spiro atoms. The summed E-state index contributed by atoms with van der Waals surface area (Å²) in [6, 6.07) is 12.2. The number of rotatable bonds is 7. The first-order valence-electron chi connectivity index (χ1n) is 9.10. The van der Waals surface area contributed by atoms with Crippen LogP contribution in [0.1, 0.15) is 27.9 Å². The third-order valence-electron chi connectivity index (χ3n) is 4.46. The first kappa shape index (κ1) is 19.4. The summed E-state index contributed by atoms with van der Waals surface area (Å²) in [7, 11) is 0. The molecule has 0 bridgehead atoms. The molecule has 0 aliphatic heterocycles. The zero-order chi connectivity index (χ0) is 20.1. The highest BCUT2D eigenvalue weighted by molar-refractivity contribution is 5.94. The molecule has 6 nitrogen and oxygen atoms in total. The van der Waals surface area contributed by atoms with Crippen LogP contribution in [0.15, 0.2) is 51.7 Å². The Kier molecular flexibility index (Phi) is 5.89. The topological polar surface area (TPSA) is 88.4 Å². The van der Waals surface area contributed by atoms with Gasteiger partial charge in [0.1, 0.15) is 11.3 Å². The van der Waals surface area contributed by atoms with Crippen LogP contribution in [0.3, 0.4) is 0 Å². The molecular formula is C22H22N2O4. The van der Waals surface area contributed by atoms with Crippen LogP contribution in [0.25, 0.3) is 22.3 Å². The largest absolute Gasteiger partial charge is 0.456 e. The molecule has 0 fully saturated rings. The molecule has 0 aliphatic rings. The molecule has 3 aromatic rings. The van der Waals surface area contributed by atoms with Crippen molar-refractivity contribution >= 4 is 23.3 Å². The lowest BCUT2D eigenvalue weighted by Crippen LogP contribution is -2.26. The van der Waals surface area contributed by atoms with E-state index in [1.807, 2.05) is 26.0 Å². The quantitative estimate of drug-likeness (QED) is 0.489. The Labute approximate surface area is 162 Å². The number of carbonyl (C=O) groups is 2. The van der Waals surface area contributed by atoms with E-state index in [1.165, 1.54) is 6.07 Å². The maximum atomic E-state index is 12.5. The van der Waals surface area contributed by atoms with Crippen molar-refractivity contribution in [2.75, 3.05) is 13.1 Å². The van der Waals surface area contributed by atoms with Gasteiger partial charge in [-0.1, -0.05) is 18.2 Å². The van der Waals surface area contributed by atoms with Gasteiger partial charge >= 0.3 is 0 Å². The van der Waals surface area contributed by atoms with Gasteiger partial charge in [-0.25, -0.2) is 0 Å². The molecule has 0 unspecified atom stereocenters. The number of benzene rings is 2. The van der Waals surface area contributed by atoms with Gasteiger partial charge in [0, 0.05) is 30.3 Å². The van der Waals surface area contributed by atoms with Crippen LogP contribution in [0.2, 0.25) is 0 Å². The Morgan fingerprint density at radius 3 is 2.54 bits per heavy atom. The molecule has 1 aromatic heterocycles. The van der Waals surface area contributed by atoms with Crippen molar-refractivity contribution in [3.63, 3.8) is 0 Å². The van der Waals surface area contributed by atoms with E-state index in [2.05, 4.69) is 10.6 Å². The summed E-state index contributed by atoms with van der Waals surface area (Å²) >= 11 is 0. The number of hydrogen-bond acceptors (Lipinski definition) is 4. The van der Waals surface area contributed by atoms with Crippen molar-refractivity contribution in [2.24, 2.45) is 0 Å². The molecule has 0 radical (unpaired) electrons. The Morgan fingerprint density at radius 1 is 1.07 bits per heavy atom. The maximum Gasteiger partial charge on any atom is 0.251 e. The number of hydrogen-bond donors (Lipinski definition) is 2. The SMILES string of the molecule is Cc1cc(C)c2oc(-c3ccc(C(=O)NCCCNC=O)cc3)cc(=O)c2c1. The summed E-state index contributed by atoms with van der Waals surface area (Å²) in [5.74, 6) is 0.278. The van der Waals surface area contributed by atoms with Crippen LogP contribution in [-0.4, -0.2) is 25.4 Å². The Bertz CT molecular complexity index is 1070. The van der Waals surface area contributed by atoms with E-state index >= 15 is 0 Å². The average Bonchev–Trinajstić information content (AvgIpc) is 2.68. The van der Waals surface area contributed by atoms with Gasteiger partial charge in [0.25, 0.3) is 5.91 Å². The number of amides is 2. The van der Waals surface area contributed by atoms with Crippen LogP contribution in [-0.2, 0) is 4.79 Å². The molecule has 0 aliphatic carbocycles. The molecule has 3 rings (SSSR count). The molecule has 144 valence electrons. The minimum absolute atomic E-state index is 0.0891. The van der Waals surface area contributed by atoms with Gasteiger partial charge in [-0.05, 0) is 49.6 Å². The van der Waals surface area contributed by atoms with E-state index < -0.39 is 0 Å². The number of fused-ring (bicyclic) bond motifs is 1. The fourth-order valence-electron chi connectivity index (χ4n) is 3.09. The van der Waals surface area contributed by atoms with Gasteiger partial charge in [0.15, 0.2) is 5.43 Å². The zero-order valence-electron chi connectivity index (χ0n) is 15.9.